The number of hydrogen-bond donors (Lipinski definition) is 2. The summed E-state index contributed by atoms with van der Waals surface area (Å²) < 4.78 is 13.4. The Morgan fingerprint density at radius 3 is 2.88 bits per heavy atom. The lowest BCUT2D eigenvalue weighted by Gasteiger charge is -2.16. The number of carbonyl (C=O) groups is 1. The van der Waals surface area contributed by atoms with Crippen molar-refractivity contribution in [3.8, 4) is 0 Å². The van der Waals surface area contributed by atoms with E-state index >= 15 is 0 Å². The third-order valence-electron chi connectivity index (χ3n) is 2.40. The molecule has 5 heteroatoms. The number of carboxylic acid groups (broad SMARTS) is 1. The molecule has 0 saturated heterocycles. The lowest BCUT2D eigenvalue weighted by Crippen LogP contribution is -2.29. The van der Waals surface area contributed by atoms with Gasteiger partial charge in [0, 0.05) is 5.02 Å². The summed E-state index contributed by atoms with van der Waals surface area (Å²) in [6.45, 7) is 1.97. The van der Waals surface area contributed by atoms with Crippen molar-refractivity contribution in [1.29, 1.82) is 0 Å². The summed E-state index contributed by atoms with van der Waals surface area (Å²) in [7, 11) is 0. The second-order valence-electron chi connectivity index (χ2n) is 3.80. The highest BCUT2D eigenvalue weighted by Gasteiger charge is 2.17. The molecule has 0 aliphatic rings. The highest BCUT2D eigenvalue weighted by molar-refractivity contribution is 6.30. The quantitative estimate of drug-likeness (QED) is 0.822. The topological polar surface area (TPSA) is 49.3 Å². The van der Waals surface area contributed by atoms with Gasteiger partial charge in [-0.3, -0.25) is 0 Å². The largest absolute Gasteiger partial charge is 0.480 e. The first-order chi connectivity index (χ1) is 8.04. The highest BCUT2D eigenvalue weighted by Crippen LogP contribution is 2.21. The van der Waals surface area contributed by atoms with E-state index in [0.717, 1.165) is 12.8 Å². The number of aliphatic carboxylic acids is 1. The Hall–Kier alpha value is -1.29. The molecule has 0 heterocycles. The molecule has 0 saturated carbocycles. The van der Waals surface area contributed by atoms with Crippen molar-refractivity contribution >= 4 is 23.3 Å². The molecule has 0 fully saturated rings. The lowest BCUT2D eigenvalue weighted by atomic mass is 10.1. The van der Waals surface area contributed by atoms with Crippen LogP contribution in [0.5, 0.6) is 0 Å². The molecule has 1 rings (SSSR count). The van der Waals surface area contributed by atoms with Gasteiger partial charge in [0.2, 0.25) is 0 Å². The molecule has 1 atom stereocenters. The van der Waals surface area contributed by atoms with Crippen molar-refractivity contribution in [1.82, 2.24) is 0 Å². The van der Waals surface area contributed by atoms with Crippen LogP contribution in [-0.2, 0) is 4.79 Å². The van der Waals surface area contributed by atoms with Gasteiger partial charge < -0.3 is 10.4 Å². The molecule has 0 spiro atoms. The molecular weight excluding hydrogens is 245 g/mol. The predicted octanol–water partition coefficient (Wildman–Crippen LogP) is 3.53. The zero-order valence-electron chi connectivity index (χ0n) is 9.54. The van der Waals surface area contributed by atoms with Gasteiger partial charge in [-0.2, -0.15) is 0 Å². The van der Waals surface area contributed by atoms with Gasteiger partial charge in [0.15, 0.2) is 0 Å². The Labute approximate surface area is 105 Å². The van der Waals surface area contributed by atoms with E-state index in [9.17, 15) is 9.18 Å². The van der Waals surface area contributed by atoms with Crippen LogP contribution < -0.4 is 5.32 Å². The first-order valence-electron chi connectivity index (χ1n) is 5.49. The third-order valence-corrected chi connectivity index (χ3v) is 2.64. The first kappa shape index (κ1) is 13.8. The molecular formula is C12H15ClFNO2. The van der Waals surface area contributed by atoms with E-state index in [1.165, 1.54) is 18.2 Å². The molecule has 0 aromatic heterocycles. The molecule has 1 aromatic carbocycles. The fourth-order valence-corrected chi connectivity index (χ4v) is 1.63. The van der Waals surface area contributed by atoms with Gasteiger partial charge in [-0.15, -0.1) is 0 Å². The maximum Gasteiger partial charge on any atom is 0.326 e. The minimum atomic E-state index is -0.988. The van der Waals surface area contributed by atoms with Gasteiger partial charge >= 0.3 is 5.97 Å². The van der Waals surface area contributed by atoms with E-state index in [2.05, 4.69) is 5.32 Å². The number of anilines is 1. The van der Waals surface area contributed by atoms with E-state index in [1.54, 1.807) is 0 Å². The normalized spacial score (nSPS) is 12.2. The molecule has 2 N–H and O–H groups in total. The van der Waals surface area contributed by atoms with E-state index in [1.807, 2.05) is 6.92 Å². The molecule has 0 bridgehead atoms. The van der Waals surface area contributed by atoms with Gasteiger partial charge in [0.25, 0.3) is 0 Å². The number of carboxylic acids is 1. The maximum absolute atomic E-state index is 13.4. The van der Waals surface area contributed by atoms with Gasteiger partial charge in [-0.1, -0.05) is 31.4 Å². The molecule has 0 amide bonds. The fourth-order valence-electron chi connectivity index (χ4n) is 1.46. The number of nitrogens with one attached hydrogen (secondary N) is 1. The smallest absolute Gasteiger partial charge is 0.326 e. The molecule has 94 valence electrons. The molecule has 3 nitrogen and oxygen atoms in total. The van der Waals surface area contributed by atoms with E-state index in [4.69, 9.17) is 16.7 Å². The van der Waals surface area contributed by atoms with Crippen LogP contribution in [0, 0.1) is 5.82 Å². The monoisotopic (exact) mass is 259 g/mol. The van der Waals surface area contributed by atoms with E-state index in [0.29, 0.717) is 11.4 Å². The summed E-state index contributed by atoms with van der Waals surface area (Å²) in [4.78, 5) is 11.0. The fraction of sp³-hybridized carbons (Fsp3) is 0.417. The van der Waals surface area contributed by atoms with Crippen LogP contribution in [0.3, 0.4) is 0 Å². The van der Waals surface area contributed by atoms with Crippen molar-refractivity contribution in [2.24, 2.45) is 0 Å². The van der Waals surface area contributed by atoms with E-state index in [-0.39, 0.29) is 5.69 Å². The van der Waals surface area contributed by atoms with Crippen LogP contribution in [0.15, 0.2) is 18.2 Å². The van der Waals surface area contributed by atoms with Crippen LogP contribution in [0.1, 0.15) is 26.2 Å². The Morgan fingerprint density at radius 2 is 2.29 bits per heavy atom. The third kappa shape index (κ3) is 4.23. The first-order valence-corrected chi connectivity index (χ1v) is 5.86. The Balaban J connectivity index is 2.78. The number of hydrogen-bond acceptors (Lipinski definition) is 2. The second-order valence-corrected chi connectivity index (χ2v) is 4.24. The molecule has 17 heavy (non-hydrogen) atoms. The summed E-state index contributed by atoms with van der Waals surface area (Å²) in [6.07, 6.45) is 2.12. The van der Waals surface area contributed by atoms with Crippen molar-refractivity contribution in [2.45, 2.75) is 32.2 Å². The van der Waals surface area contributed by atoms with Gasteiger partial charge in [-0.25, -0.2) is 9.18 Å². The number of rotatable bonds is 6. The predicted molar refractivity (Wildman–Crippen MR) is 66.0 cm³/mol. The minimum absolute atomic E-state index is 0.126. The second kappa shape index (κ2) is 6.45. The van der Waals surface area contributed by atoms with Crippen LogP contribution in [-0.4, -0.2) is 17.1 Å². The average Bonchev–Trinajstić information content (AvgIpc) is 2.28. The zero-order chi connectivity index (χ0) is 12.8. The van der Waals surface area contributed by atoms with Crippen molar-refractivity contribution in [3.05, 3.63) is 29.0 Å². The Kier molecular flexibility index (Phi) is 5.22. The van der Waals surface area contributed by atoms with Gasteiger partial charge in [0.05, 0.1) is 5.69 Å². The average molecular weight is 260 g/mol. The van der Waals surface area contributed by atoms with Crippen molar-refractivity contribution in [3.63, 3.8) is 0 Å². The zero-order valence-corrected chi connectivity index (χ0v) is 10.3. The number of unbranched alkanes of at least 4 members (excludes halogenated alkanes) is 1. The summed E-state index contributed by atoms with van der Waals surface area (Å²) in [5.41, 5.74) is 0.126. The molecule has 1 aromatic rings. The van der Waals surface area contributed by atoms with Crippen molar-refractivity contribution < 1.29 is 14.3 Å². The Morgan fingerprint density at radius 1 is 1.59 bits per heavy atom. The summed E-state index contributed by atoms with van der Waals surface area (Å²) in [5, 5.41) is 12.0. The standard InChI is InChI=1S/C12H15ClFNO2/c1-2-3-4-10(12(16)17)15-11-7-8(13)5-6-9(11)14/h5-7,10,15H,2-4H2,1H3,(H,16,17). The van der Waals surface area contributed by atoms with Crippen molar-refractivity contribution in [2.75, 3.05) is 5.32 Å². The van der Waals surface area contributed by atoms with Crippen LogP contribution in [0.2, 0.25) is 5.02 Å². The molecule has 0 radical (unpaired) electrons. The number of benzene rings is 1. The summed E-state index contributed by atoms with van der Waals surface area (Å²) >= 11 is 5.73. The van der Waals surface area contributed by atoms with Crippen LogP contribution in [0.25, 0.3) is 0 Å². The summed E-state index contributed by atoms with van der Waals surface area (Å²) in [6, 6.07) is 3.23. The van der Waals surface area contributed by atoms with Gasteiger partial charge in [0.1, 0.15) is 11.9 Å². The van der Waals surface area contributed by atoms with E-state index < -0.39 is 17.8 Å². The summed E-state index contributed by atoms with van der Waals surface area (Å²) in [5.74, 6) is -1.49. The molecule has 0 aliphatic carbocycles. The highest BCUT2D eigenvalue weighted by atomic mass is 35.5. The Bertz CT molecular complexity index is 398. The molecule has 1 unspecified atom stereocenters. The lowest BCUT2D eigenvalue weighted by molar-refractivity contribution is -0.138. The van der Waals surface area contributed by atoms with Crippen LogP contribution >= 0.6 is 11.6 Å². The SMILES string of the molecule is CCCCC(Nc1cc(Cl)ccc1F)C(=O)O. The van der Waals surface area contributed by atoms with Gasteiger partial charge in [-0.05, 0) is 24.6 Å². The number of halogens is 2. The minimum Gasteiger partial charge on any atom is -0.480 e. The maximum atomic E-state index is 13.4. The molecule has 0 aliphatic heterocycles. The van der Waals surface area contributed by atoms with Crippen LogP contribution in [0.4, 0.5) is 10.1 Å².